The summed E-state index contributed by atoms with van der Waals surface area (Å²) < 4.78 is 0. The van der Waals surface area contributed by atoms with E-state index in [9.17, 15) is 5.11 Å². The van der Waals surface area contributed by atoms with Crippen LogP contribution in [0.4, 0.5) is 0 Å². The molecule has 0 spiro atoms. The van der Waals surface area contributed by atoms with E-state index in [4.69, 9.17) is 5.26 Å². The lowest BCUT2D eigenvalue weighted by Gasteiger charge is -2.36. The zero-order valence-electron chi connectivity index (χ0n) is 11.7. The number of hydrogen-bond acceptors (Lipinski definition) is 3. The minimum atomic E-state index is -1.02. The molecule has 0 heterocycles. The minimum Gasteiger partial charge on any atom is -0.382 e. The van der Waals surface area contributed by atoms with Gasteiger partial charge in [-0.2, -0.15) is 0 Å². The molecule has 0 saturated carbocycles. The van der Waals surface area contributed by atoms with Crippen molar-refractivity contribution in [3.8, 4) is 0 Å². The quantitative estimate of drug-likeness (QED) is 0.457. The summed E-state index contributed by atoms with van der Waals surface area (Å²) in [5.41, 5.74) is 1.13. The monoisotopic (exact) mass is 252 g/mol. The second kappa shape index (κ2) is 5.39. The Hall–Kier alpha value is -0.900. The lowest BCUT2D eigenvalue weighted by atomic mass is 9.71. The maximum atomic E-state index is 9.93. The van der Waals surface area contributed by atoms with Crippen LogP contribution in [-0.4, -0.2) is 22.1 Å². The Bertz CT molecular complexity index is 375. The van der Waals surface area contributed by atoms with Gasteiger partial charge in [0, 0.05) is 0 Å². The van der Waals surface area contributed by atoms with Gasteiger partial charge >= 0.3 is 0 Å². The largest absolute Gasteiger partial charge is 0.382 e. The molecule has 1 aliphatic carbocycles. The van der Waals surface area contributed by atoms with E-state index in [0.717, 1.165) is 24.0 Å². The summed E-state index contributed by atoms with van der Waals surface area (Å²) in [7, 11) is 0. The van der Waals surface area contributed by atoms with E-state index in [0.29, 0.717) is 0 Å². The number of allylic oxidation sites excluding steroid dienone is 2. The van der Waals surface area contributed by atoms with Gasteiger partial charge in [0.25, 0.3) is 0 Å². The van der Waals surface area contributed by atoms with Crippen LogP contribution in [0.15, 0.2) is 36.0 Å². The zero-order valence-corrected chi connectivity index (χ0v) is 11.7. The van der Waals surface area contributed by atoms with Gasteiger partial charge in [0.05, 0.1) is 5.60 Å². The Balaban J connectivity index is 3.11. The Morgan fingerprint density at radius 2 is 2.11 bits per heavy atom. The molecule has 1 aliphatic rings. The number of aliphatic hydroxyl groups is 1. The zero-order chi connectivity index (χ0) is 14.0. The first-order valence-corrected chi connectivity index (χ1v) is 6.30. The van der Waals surface area contributed by atoms with Crippen LogP contribution in [0, 0.1) is 5.41 Å². The third-order valence-electron chi connectivity index (χ3n) is 3.80. The predicted octanol–water partition coefficient (Wildman–Crippen LogP) is 3.47. The van der Waals surface area contributed by atoms with Gasteiger partial charge in [0.2, 0.25) is 0 Å². The molecule has 0 aromatic carbocycles. The maximum Gasteiger partial charge on any atom is 0.114 e. The van der Waals surface area contributed by atoms with Gasteiger partial charge in [0.1, 0.15) is 6.10 Å². The molecule has 0 aromatic rings. The van der Waals surface area contributed by atoms with Crippen LogP contribution in [-0.2, 0) is 4.89 Å². The van der Waals surface area contributed by atoms with E-state index in [1.807, 2.05) is 13.0 Å². The van der Waals surface area contributed by atoms with Gasteiger partial charge in [0.15, 0.2) is 0 Å². The van der Waals surface area contributed by atoms with E-state index < -0.39 is 5.60 Å². The molecule has 1 rings (SSSR count). The SMILES string of the molecule is C=CC(C)(O)/C=C/C1=C(C)C(OO)CCC1(C)C. The molecule has 0 bridgehead atoms. The van der Waals surface area contributed by atoms with Gasteiger partial charge < -0.3 is 5.11 Å². The molecule has 0 aliphatic heterocycles. The van der Waals surface area contributed by atoms with Crippen molar-refractivity contribution in [2.24, 2.45) is 5.41 Å². The molecule has 0 radical (unpaired) electrons. The third kappa shape index (κ3) is 3.31. The molecule has 2 atom stereocenters. The molecule has 0 saturated heterocycles. The molecule has 3 nitrogen and oxygen atoms in total. The smallest absolute Gasteiger partial charge is 0.114 e. The van der Waals surface area contributed by atoms with Crippen molar-refractivity contribution in [3.63, 3.8) is 0 Å². The van der Waals surface area contributed by atoms with Crippen LogP contribution < -0.4 is 0 Å². The first-order chi connectivity index (χ1) is 8.23. The van der Waals surface area contributed by atoms with Crippen LogP contribution in [0.25, 0.3) is 0 Å². The van der Waals surface area contributed by atoms with Crippen molar-refractivity contribution in [2.45, 2.75) is 52.2 Å². The molecular formula is C15H24O3. The summed E-state index contributed by atoms with van der Waals surface area (Å²) in [6.45, 7) is 11.6. The molecule has 3 heteroatoms. The highest BCUT2D eigenvalue weighted by molar-refractivity contribution is 5.36. The summed E-state index contributed by atoms with van der Waals surface area (Å²) in [5.74, 6) is 0. The Morgan fingerprint density at radius 1 is 1.50 bits per heavy atom. The third-order valence-corrected chi connectivity index (χ3v) is 3.80. The van der Waals surface area contributed by atoms with Gasteiger partial charge in [-0.25, -0.2) is 4.89 Å². The van der Waals surface area contributed by atoms with Gasteiger partial charge in [-0.1, -0.05) is 32.6 Å². The first-order valence-electron chi connectivity index (χ1n) is 6.30. The number of rotatable bonds is 4. The van der Waals surface area contributed by atoms with E-state index in [1.165, 1.54) is 6.08 Å². The van der Waals surface area contributed by atoms with Gasteiger partial charge in [-0.05, 0) is 49.3 Å². The van der Waals surface area contributed by atoms with Crippen molar-refractivity contribution >= 4 is 0 Å². The minimum absolute atomic E-state index is 0.0207. The van der Waals surface area contributed by atoms with Crippen molar-refractivity contribution in [1.82, 2.24) is 0 Å². The van der Waals surface area contributed by atoms with Crippen molar-refractivity contribution in [1.29, 1.82) is 0 Å². The van der Waals surface area contributed by atoms with E-state index >= 15 is 0 Å². The number of hydrogen-bond donors (Lipinski definition) is 2. The summed E-state index contributed by atoms with van der Waals surface area (Å²) >= 11 is 0. The highest BCUT2D eigenvalue weighted by Gasteiger charge is 2.32. The standard InChI is InChI=1S/C15H24O3/c1-6-15(5,16)10-7-12-11(2)13(18-17)8-9-14(12,3)4/h6-7,10,13,16-17H,1,8-9H2,2-5H3/b10-7+. The fourth-order valence-corrected chi connectivity index (χ4v) is 2.36. The molecular weight excluding hydrogens is 228 g/mol. The van der Waals surface area contributed by atoms with Gasteiger partial charge in [-0.15, -0.1) is 0 Å². The maximum absolute atomic E-state index is 9.93. The lowest BCUT2D eigenvalue weighted by molar-refractivity contribution is -0.272. The topological polar surface area (TPSA) is 49.7 Å². The molecule has 0 fully saturated rings. The van der Waals surface area contributed by atoms with Gasteiger partial charge in [-0.3, -0.25) is 5.26 Å². The fraction of sp³-hybridized carbons (Fsp3) is 0.600. The molecule has 0 aromatic heterocycles. The van der Waals surface area contributed by atoms with Crippen LogP contribution in [0.5, 0.6) is 0 Å². The Labute approximate surface area is 109 Å². The predicted molar refractivity (Wildman–Crippen MR) is 73.2 cm³/mol. The molecule has 2 N–H and O–H groups in total. The molecule has 0 amide bonds. The first kappa shape index (κ1) is 15.2. The summed E-state index contributed by atoms with van der Waals surface area (Å²) in [4.78, 5) is 4.51. The lowest BCUT2D eigenvalue weighted by Crippen LogP contribution is -2.29. The Kier molecular flexibility index (Phi) is 4.54. The summed E-state index contributed by atoms with van der Waals surface area (Å²) in [5, 5.41) is 18.8. The second-order valence-corrected chi connectivity index (χ2v) is 5.88. The summed E-state index contributed by atoms with van der Waals surface area (Å²) in [6, 6.07) is 0. The second-order valence-electron chi connectivity index (χ2n) is 5.88. The van der Waals surface area contributed by atoms with Crippen LogP contribution in [0.2, 0.25) is 0 Å². The van der Waals surface area contributed by atoms with E-state index in [-0.39, 0.29) is 11.5 Å². The average molecular weight is 252 g/mol. The molecule has 2 unspecified atom stereocenters. The van der Waals surface area contributed by atoms with Crippen molar-refractivity contribution < 1.29 is 15.3 Å². The normalized spacial score (nSPS) is 27.3. The van der Waals surface area contributed by atoms with E-state index in [1.54, 1.807) is 13.0 Å². The van der Waals surface area contributed by atoms with Crippen molar-refractivity contribution in [2.75, 3.05) is 0 Å². The highest BCUT2D eigenvalue weighted by atomic mass is 17.1. The average Bonchev–Trinajstić information content (AvgIpc) is 2.28. The van der Waals surface area contributed by atoms with Crippen LogP contribution in [0.3, 0.4) is 0 Å². The van der Waals surface area contributed by atoms with Crippen LogP contribution in [0.1, 0.15) is 40.5 Å². The highest BCUT2D eigenvalue weighted by Crippen LogP contribution is 2.41. The van der Waals surface area contributed by atoms with Crippen LogP contribution >= 0.6 is 0 Å². The van der Waals surface area contributed by atoms with E-state index in [2.05, 4.69) is 25.3 Å². The molecule has 18 heavy (non-hydrogen) atoms. The summed E-state index contributed by atoms with van der Waals surface area (Å²) in [6.07, 6.45) is 6.64. The molecule has 102 valence electrons. The Morgan fingerprint density at radius 3 is 2.61 bits per heavy atom. The van der Waals surface area contributed by atoms with Crippen molar-refractivity contribution in [3.05, 3.63) is 36.0 Å². The fourth-order valence-electron chi connectivity index (χ4n) is 2.36.